The van der Waals surface area contributed by atoms with Gasteiger partial charge in [-0.05, 0) is 36.4 Å². The number of halogens is 1. The number of benzene rings is 1. The van der Waals surface area contributed by atoms with Gasteiger partial charge in [-0.25, -0.2) is 0 Å². The third-order valence-corrected chi connectivity index (χ3v) is 4.17. The molecule has 2 heterocycles. The Balaban J connectivity index is 1.66. The summed E-state index contributed by atoms with van der Waals surface area (Å²) >= 11 is 5.85. The molecular formula is C17H19ClN2O3. The number of hydrogen-bond donors (Lipinski definition) is 1. The maximum atomic E-state index is 12.3. The molecule has 1 atom stereocenters. The molecule has 5 nitrogen and oxygen atoms in total. The molecule has 0 bridgehead atoms. The summed E-state index contributed by atoms with van der Waals surface area (Å²) in [6, 6.07) is 10.7. The molecule has 0 radical (unpaired) electrons. The summed E-state index contributed by atoms with van der Waals surface area (Å²) in [7, 11) is 0. The highest BCUT2D eigenvalue weighted by molar-refractivity contribution is 6.30. The molecule has 23 heavy (non-hydrogen) atoms. The van der Waals surface area contributed by atoms with E-state index in [1.54, 1.807) is 30.5 Å². The number of rotatable bonds is 5. The van der Waals surface area contributed by atoms with Crippen LogP contribution in [0.5, 0.6) is 0 Å². The quantitative estimate of drug-likeness (QED) is 0.913. The lowest BCUT2D eigenvalue weighted by atomic mass is 10.1. The zero-order chi connectivity index (χ0) is 16.1. The van der Waals surface area contributed by atoms with Crippen LogP contribution in [0.25, 0.3) is 0 Å². The number of nitrogens with one attached hydrogen (secondary N) is 1. The molecule has 0 aliphatic carbocycles. The van der Waals surface area contributed by atoms with Crippen molar-refractivity contribution in [2.45, 2.75) is 6.04 Å². The largest absolute Gasteiger partial charge is 0.468 e. The molecule has 1 fully saturated rings. The lowest BCUT2D eigenvalue weighted by Crippen LogP contribution is -2.43. The minimum atomic E-state index is -0.119. The maximum absolute atomic E-state index is 12.3. The van der Waals surface area contributed by atoms with Crippen LogP contribution in [0.3, 0.4) is 0 Å². The molecule has 0 saturated carbocycles. The first kappa shape index (κ1) is 16.1. The van der Waals surface area contributed by atoms with Crippen molar-refractivity contribution in [3.05, 3.63) is 59.0 Å². The zero-order valence-corrected chi connectivity index (χ0v) is 13.5. The van der Waals surface area contributed by atoms with Gasteiger partial charge in [0.1, 0.15) is 5.76 Å². The number of morpholine rings is 1. The van der Waals surface area contributed by atoms with Gasteiger partial charge in [-0.1, -0.05) is 11.6 Å². The Bertz CT molecular complexity index is 622. The number of ether oxygens (including phenoxy) is 1. The second-order valence-corrected chi connectivity index (χ2v) is 5.83. The van der Waals surface area contributed by atoms with E-state index in [1.165, 1.54) is 0 Å². The Morgan fingerprint density at radius 2 is 1.96 bits per heavy atom. The van der Waals surface area contributed by atoms with E-state index in [1.807, 2.05) is 12.1 Å². The van der Waals surface area contributed by atoms with Gasteiger partial charge in [0.15, 0.2) is 0 Å². The molecule has 3 rings (SSSR count). The van der Waals surface area contributed by atoms with E-state index in [4.69, 9.17) is 20.8 Å². The number of amides is 1. The smallest absolute Gasteiger partial charge is 0.251 e. The van der Waals surface area contributed by atoms with Gasteiger partial charge >= 0.3 is 0 Å². The van der Waals surface area contributed by atoms with Crippen LogP contribution in [0, 0.1) is 0 Å². The van der Waals surface area contributed by atoms with Gasteiger partial charge in [0.25, 0.3) is 5.91 Å². The Hall–Kier alpha value is -1.82. The van der Waals surface area contributed by atoms with Crippen LogP contribution in [0.4, 0.5) is 0 Å². The van der Waals surface area contributed by atoms with Crippen molar-refractivity contribution in [3.63, 3.8) is 0 Å². The van der Waals surface area contributed by atoms with Gasteiger partial charge in [0.2, 0.25) is 0 Å². The van der Waals surface area contributed by atoms with Crippen LogP contribution in [-0.4, -0.2) is 43.7 Å². The maximum Gasteiger partial charge on any atom is 0.251 e. The summed E-state index contributed by atoms with van der Waals surface area (Å²) < 4.78 is 11.0. The van der Waals surface area contributed by atoms with Gasteiger partial charge in [-0.3, -0.25) is 9.69 Å². The summed E-state index contributed by atoms with van der Waals surface area (Å²) in [4.78, 5) is 14.6. The summed E-state index contributed by atoms with van der Waals surface area (Å²) in [5.41, 5.74) is 0.592. The van der Waals surface area contributed by atoms with Crippen molar-refractivity contribution >= 4 is 17.5 Å². The molecule has 1 aromatic heterocycles. The number of carbonyl (C=O) groups is 1. The highest BCUT2D eigenvalue weighted by Gasteiger charge is 2.25. The van der Waals surface area contributed by atoms with E-state index in [-0.39, 0.29) is 11.9 Å². The Labute approximate surface area is 140 Å². The minimum absolute atomic E-state index is 0.00477. The first-order valence-electron chi connectivity index (χ1n) is 7.63. The molecule has 1 amide bonds. The molecule has 2 aromatic rings. The summed E-state index contributed by atoms with van der Waals surface area (Å²) in [6.07, 6.45) is 1.66. The predicted molar refractivity (Wildman–Crippen MR) is 87.6 cm³/mol. The molecule has 1 aliphatic rings. The van der Waals surface area contributed by atoms with Crippen LogP contribution in [0.15, 0.2) is 47.1 Å². The molecular weight excluding hydrogens is 316 g/mol. The van der Waals surface area contributed by atoms with E-state index < -0.39 is 0 Å². The molecule has 0 spiro atoms. The number of carbonyl (C=O) groups excluding carboxylic acids is 1. The number of nitrogens with zero attached hydrogens (tertiary/aromatic N) is 1. The standard InChI is InChI=1S/C17H19ClN2O3/c18-14-5-3-13(4-6-14)17(21)19-12-15(16-2-1-9-23-16)20-7-10-22-11-8-20/h1-6,9,15H,7-8,10-12H2,(H,19,21)/t15-/m0/s1. The van der Waals surface area contributed by atoms with E-state index >= 15 is 0 Å². The van der Waals surface area contributed by atoms with Gasteiger partial charge in [-0.2, -0.15) is 0 Å². The lowest BCUT2D eigenvalue weighted by molar-refractivity contribution is 0.0118. The van der Waals surface area contributed by atoms with Crippen molar-refractivity contribution in [1.29, 1.82) is 0 Å². The van der Waals surface area contributed by atoms with E-state index in [0.29, 0.717) is 30.3 Å². The molecule has 0 unspecified atom stereocenters. The fourth-order valence-electron chi connectivity index (χ4n) is 2.67. The zero-order valence-electron chi connectivity index (χ0n) is 12.7. The van der Waals surface area contributed by atoms with Gasteiger partial charge in [0, 0.05) is 30.2 Å². The van der Waals surface area contributed by atoms with Crippen molar-refractivity contribution < 1.29 is 13.9 Å². The van der Waals surface area contributed by atoms with Gasteiger partial charge < -0.3 is 14.5 Å². The predicted octanol–water partition coefficient (Wildman–Crippen LogP) is 2.74. The van der Waals surface area contributed by atoms with Crippen LogP contribution in [0.2, 0.25) is 5.02 Å². The molecule has 1 saturated heterocycles. The summed E-state index contributed by atoms with van der Waals surface area (Å²) in [5, 5.41) is 3.59. The third kappa shape index (κ3) is 4.13. The SMILES string of the molecule is O=C(NC[C@@H](c1ccco1)N1CCOCC1)c1ccc(Cl)cc1. The highest BCUT2D eigenvalue weighted by Crippen LogP contribution is 2.22. The summed E-state index contributed by atoms with van der Waals surface area (Å²) in [6.45, 7) is 3.52. The normalized spacial score (nSPS) is 16.9. The van der Waals surface area contributed by atoms with Crippen molar-refractivity contribution in [2.75, 3.05) is 32.8 Å². The van der Waals surface area contributed by atoms with Crippen LogP contribution in [-0.2, 0) is 4.74 Å². The van der Waals surface area contributed by atoms with Crippen LogP contribution >= 0.6 is 11.6 Å². The third-order valence-electron chi connectivity index (χ3n) is 3.92. The average Bonchev–Trinajstić information content (AvgIpc) is 3.11. The fourth-order valence-corrected chi connectivity index (χ4v) is 2.80. The minimum Gasteiger partial charge on any atom is -0.468 e. The highest BCUT2D eigenvalue weighted by atomic mass is 35.5. The first-order valence-corrected chi connectivity index (χ1v) is 8.01. The Kier molecular flexibility index (Phi) is 5.33. The molecule has 1 N–H and O–H groups in total. The fraction of sp³-hybridized carbons (Fsp3) is 0.353. The first-order chi connectivity index (χ1) is 11.2. The average molecular weight is 335 g/mol. The van der Waals surface area contributed by atoms with Crippen molar-refractivity contribution in [2.24, 2.45) is 0 Å². The molecule has 1 aromatic carbocycles. The van der Waals surface area contributed by atoms with E-state index in [0.717, 1.165) is 18.8 Å². The summed E-state index contributed by atoms with van der Waals surface area (Å²) in [5.74, 6) is 0.731. The monoisotopic (exact) mass is 334 g/mol. The van der Waals surface area contributed by atoms with Crippen molar-refractivity contribution in [3.8, 4) is 0 Å². The van der Waals surface area contributed by atoms with E-state index in [9.17, 15) is 4.79 Å². The molecule has 122 valence electrons. The van der Waals surface area contributed by atoms with Gasteiger partial charge in [-0.15, -0.1) is 0 Å². The van der Waals surface area contributed by atoms with Crippen LogP contribution < -0.4 is 5.32 Å². The van der Waals surface area contributed by atoms with Crippen LogP contribution in [0.1, 0.15) is 22.2 Å². The van der Waals surface area contributed by atoms with Gasteiger partial charge in [0.05, 0.1) is 25.5 Å². The Morgan fingerprint density at radius 3 is 2.61 bits per heavy atom. The second kappa shape index (κ2) is 7.64. The van der Waals surface area contributed by atoms with E-state index in [2.05, 4.69) is 10.2 Å². The van der Waals surface area contributed by atoms with Crippen molar-refractivity contribution in [1.82, 2.24) is 10.2 Å². The molecule has 6 heteroatoms. The number of furan rings is 1. The number of hydrogen-bond acceptors (Lipinski definition) is 4. The topological polar surface area (TPSA) is 54.7 Å². The Morgan fingerprint density at radius 1 is 1.22 bits per heavy atom. The lowest BCUT2D eigenvalue weighted by Gasteiger charge is -2.33. The molecule has 1 aliphatic heterocycles. The second-order valence-electron chi connectivity index (χ2n) is 5.40.